The van der Waals surface area contributed by atoms with Crippen LogP contribution in [0.3, 0.4) is 0 Å². The topological polar surface area (TPSA) is 78.4 Å². The summed E-state index contributed by atoms with van der Waals surface area (Å²) in [6.07, 6.45) is 3.04. The lowest BCUT2D eigenvalue weighted by atomic mass is 9.96. The first-order chi connectivity index (χ1) is 10.5. The highest BCUT2D eigenvalue weighted by atomic mass is 16.3. The molecule has 3 N–H and O–H groups in total. The Morgan fingerprint density at radius 1 is 1.27 bits per heavy atom. The van der Waals surface area contributed by atoms with Crippen LogP contribution in [-0.4, -0.2) is 35.6 Å². The summed E-state index contributed by atoms with van der Waals surface area (Å²) in [4.78, 5) is 23.7. The molecule has 1 aliphatic carbocycles. The summed E-state index contributed by atoms with van der Waals surface area (Å²) in [6.45, 7) is 2.31. The maximum absolute atomic E-state index is 11.9. The van der Waals surface area contributed by atoms with Gasteiger partial charge in [0.1, 0.15) is 0 Å². The van der Waals surface area contributed by atoms with Crippen LogP contribution in [-0.2, 0) is 4.79 Å². The van der Waals surface area contributed by atoms with E-state index in [1.54, 1.807) is 12.1 Å². The number of carbonyl (C=O) groups excluding carboxylic acids is 2. The molecule has 1 unspecified atom stereocenters. The van der Waals surface area contributed by atoms with Crippen LogP contribution in [0.25, 0.3) is 0 Å². The van der Waals surface area contributed by atoms with E-state index in [9.17, 15) is 14.7 Å². The van der Waals surface area contributed by atoms with Gasteiger partial charge >= 0.3 is 0 Å². The summed E-state index contributed by atoms with van der Waals surface area (Å²) in [6, 6.07) is 9.00. The number of carbonyl (C=O) groups is 2. The summed E-state index contributed by atoms with van der Waals surface area (Å²) < 4.78 is 0. The highest BCUT2D eigenvalue weighted by molar-refractivity contribution is 5.94. The zero-order chi connectivity index (χ0) is 16.0. The predicted molar refractivity (Wildman–Crippen MR) is 84.4 cm³/mol. The van der Waals surface area contributed by atoms with E-state index in [1.165, 1.54) is 0 Å². The van der Waals surface area contributed by atoms with E-state index in [1.807, 2.05) is 25.1 Å². The molecule has 0 saturated heterocycles. The molecule has 0 spiro atoms. The molecule has 5 heteroatoms. The molecule has 0 bridgehead atoms. The molecule has 22 heavy (non-hydrogen) atoms. The largest absolute Gasteiger partial charge is 0.394 e. The van der Waals surface area contributed by atoms with Crippen molar-refractivity contribution in [2.24, 2.45) is 5.92 Å². The maximum atomic E-state index is 11.9. The first-order valence-electron chi connectivity index (χ1n) is 7.80. The van der Waals surface area contributed by atoms with Crippen molar-refractivity contribution in [2.45, 2.75) is 38.1 Å². The molecule has 120 valence electrons. The van der Waals surface area contributed by atoms with E-state index in [4.69, 9.17) is 0 Å². The highest BCUT2D eigenvalue weighted by Gasteiger charge is 2.41. The number of aliphatic hydroxyl groups excluding tert-OH is 1. The van der Waals surface area contributed by atoms with Crippen molar-refractivity contribution >= 4 is 11.8 Å². The average molecular weight is 304 g/mol. The number of hydrogen-bond acceptors (Lipinski definition) is 3. The monoisotopic (exact) mass is 304 g/mol. The van der Waals surface area contributed by atoms with E-state index in [0.717, 1.165) is 12.8 Å². The number of aliphatic hydroxyl groups is 1. The Balaban J connectivity index is 1.66. The fourth-order valence-electron chi connectivity index (χ4n) is 2.51. The normalized spacial score (nSPS) is 16.6. The predicted octanol–water partition coefficient (Wildman–Crippen LogP) is 1.47. The Morgan fingerprint density at radius 2 is 1.95 bits per heavy atom. The van der Waals surface area contributed by atoms with Gasteiger partial charge in [0.05, 0.1) is 12.1 Å². The summed E-state index contributed by atoms with van der Waals surface area (Å²) in [5.41, 5.74) is 0.123. The molecule has 0 aliphatic heterocycles. The molecule has 1 aliphatic rings. The summed E-state index contributed by atoms with van der Waals surface area (Å²) in [5, 5.41) is 15.2. The van der Waals surface area contributed by atoms with E-state index in [0.29, 0.717) is 30.9 Å². The number of rotatable bonds is 8. The van der Waals surface area contributed by atoms with E-state index in [2.05, 4.69) is 10.6 Å². The number of benzene rings is 1. The zero-order valence-electron chi connectivity index (χ0n) is 13.0. The van der Waals surface area contributed by atoms with Crippen LogP contribution in [0.15, 0.2) is 30.3 Å². The van der Waals surface area contributed by atoms with Crippen molar-refractivity contribution in [3.63, 3.8) is 0 Å². The minimum atomic E-state index is -0.496. The third-order valence-corrected chi connectivity index (χ3v) is 4.13. The van der Waals surface area contributed by atoms with Gasteiger partial charge in [-0.2, -0.15) is 0 Å². The second kappa shape index (κ2) is 7.40. The SMILES string of the molecule is CC(CO)(NC(=O)CCCNC(=O)c1ccccc1)C1CC1. The number of hydrogen-bond donors (Lipinski definition) is 3. The molecule has 1 fully saturated rings. The molecule has 1 aromatic carbocycles. The fourth-order valence-corrected chi connectivity index (χ4v) is 2.51. The van der Waals surface area contributed by atoms with E-state index >= 15 is 0 Å². The standard InChI is InChI=1S/C17H24N2O3/c1-17(12-20,14-9-10-14)19-15(21)8-5-11-18-16(22)13-6-3-2-4-7-13/h2-4,6-7,14,20H,5,8-12H2,1H3,(H,18,22)(H,19,21). The number of nitrogens with one attached hydrogen (secondary N) is 2. The third kappa shape index (κ3) is 4.56. The maximum Gasteiger partial charge on any atom is 0.251 e. The zero-order valence-corrected chi connectivity index (χ0v) is 13.0. The van der Waals surface area contributed by atoms with Gasteiger partial charge < -0.3 is 15.7 Å². The van der Waals surface area contributed by atoms with Crippen LogP contribution in [0.2, 0.25) is 0 Å². The third-order valence-electron chi connectivity index (χ3n) is 4.13. The van der Waals surface area contributed by atoms with Crippen LogP contribution < -0.4 is 10.6 Å². The molecule has 0 radical (unpaired) electrons. The van der Waals surface area contributed by atoms with Gasteiger partial charge in [0.2, 0.25) is 5.91 Å². The lowest BCUT2D eigenvalue weighted by molar-refractivity contribution is -0.123. The second-order valence-electron chi connectivity index (χ2n) is 6.12. The van der Waals surface area contributed by atoms with Crippen LogP contribution in [0.4, 0.5) is 0 Å². The van der Waals surface area contributed by atoms with Crippen molar-refractivity contribution < 1.29 is 14.7 Å². The minimum absolute atomic E-state index is 0.0336. The molecule has 0 aromatic heterocycles. The van der Waals surface area contributed by atoms with Crippen LogP contribution >= 0.6 is 0 Å². The summed E-state index contributed by atoms with van der Waals surface area (Å²) >= 11 is 0. The van der Waals surface area contributed by atoms with Gasteiger partial charge in [0, 0.05) is 18.5 Å². The summed E-state index contributed by atoms with van der Waals surface area (Å²) in [5.74, 6) is 0.191. The van der Waals surface area contributed by atoms with Gasteiger partial charge in [-0.25, -0.2) is 0 Å². The minimum Gasteiger partial charge on any atom is -0.394 e. The van der Waals surface area contributed by atoms with Crippen LogP contribution in [0, 0.1) is 5.92 Å². The van der Waals surface area contributed by atoms with Crippen molar-refractivity contribution in [1.82, 2.24) is 10.6 Å². The quantitative estimate of drug-likeness (QED) is 0.636. The van der Waals surface area contributed by atoms with Gasteiger partial charge in [0.15, 0.2) is 0 Å². The average Bonchev–Trinajstić information content (AvgIpc) is 3.37. The van der Waals surface area contributed by atoms with Crippen molar-refractivity contribution in [3.05, 3.63) is 35.9 Å². The Labute approximate surface area is 131 Å². The Morgan fingerprint density at radius 3 is 2.55 bits per heavy atom. The molecule has 2 amide bonds. The van der Waals surface area contributed by atoms with Crippen molar-refractivity contribution in [1.29, 1.82) is 0 Å². The van der Waals surface area contributed by atoms with E-state index in [-0.39, 0.29) is 18.4 Å². The molecule has 1 aromatic rings. The second-order valence-corrected chi connectivity index (χ2v) is 6.12. The van der Waals surface area contributed by atoms with Crippen molar-refractivity contribution in [2.75, 3.05) is 13.2 Å². The highest BCUT2D eigenvalue weighted by Crippen LogP contribution is 2.39. The van der Waals surface area contributed by atoms with Crippen LogP contribution in [0.1, 0.15) is 43.0 Å². The Kier molecular flexibility index (Phi) is 5.55. The summed E-state index contributed by atoms with van der Waals surface area (Å²) in [7, 11) is 0. The molecule has 5 nitrogen and oxygen atoms in total. The van der Waals surface area contributed by atoms with Crippen molar-refractivity contribution in [3.8, 4) is 0 Å². The molecule has 1 saturated carbocycles. The Hall–Kier alpha value is -1.88. The van der Waals surface area contributed by atoms with Gasteiger partial charge in [-0.15, -0.1) is 0 Å². The molecule has 2 rings (SSSR count). The van der Waals surface area contributed by atoms with Gasteiger partial charge in [-0.3, -0.25) is 9.59 Å². The lowest BCUT2D eigenvalue weighted by Crippen LogP contribution is -2.50. The fraction of sp³-hybridized carbons (Fsp3) is 0.529. The molecule has 1 atom stereocenters. The molecular weight excluding hydrogens is 280 g/mol. The first-order valence-corrected chi connectivity index (χ1v) is 7.80. The smallest absolute Gasteiger partial charge is 0.251 e. The molecular formula is C17H24N2O3. The van der Waals surface area contributed by atoms with Gasteiger partial charge in [-0.05, 0) is 44.2 Å². The lowest BCUT2D eigenvalue weighted by Gasteiger charge is -2.28. The van der Waals surface area contributed by atoms with Crippen LogP contribution in [0.5, 0.6) is 0 Å². The number of amides is 2. The van der Waals surface area contributed by atoms with E-state index < -0.39 is 5.54 Å². The Bertz CT molecular complexity index is 514. The molecule has 0 heterocycles. The van der Waals surface area contributed by atoms with Gasteiger partial charge in [0.25, 0.3) is 5.91 Å². The first kappa shape index (κ1) is 16.5. The van der Waals surface area contributed by atoms with Gasteiger partial charge in [-0.1, -0.05) is 18.2 Å².